The molecule has 5 nitrogen and oxygen atoms in total. The van der Waals surface area contributed by atoms with Gasteiger partial charge in [0.1, 0.15) is 17.1 Å². The number of aromatic hydroxyl groups is 1. The number of nitrogens with zero attached hydrogens (tertiary/aromatic N) is 1. The van der Waals surface area contributed by atoms with Crippen molar-refractivity contribution >= 4 is 16.9 Å². The predicted octanol–water partition coefficient (Wildman–Crippen LogP) is 5.52. The number of nitrogens with one attached hydrogen (secondary N) is 1. The van der Waals surface area contributed by atoms with Crippen LogP contribution in [-0.4, -0.2) is 34.5 Å². The van der Waals surface area contributed by atoms with Crippen LogP contribution in [0.25, 0.3) is 11.0 Å². The predicted molar refractivity (Wildman–Crippen MR) is 122 cm³/mol. The first-order valence-electron chi connectivity index (χ1n) is 11.9. The number of furan rings is 1. The second-order valence-electron chi connectivity index (χ2n) is 11.5. The fourth-order valence-corrected chi connectivity index (χ4v) is 7.09. The highest BCUT2D eigenvalue weighted by molar-refractivity contribution is 6.09. The summed E-state index contributed by atoms with van der Waals surface area (Å²) in [5, 5.41) is 14.9. The summed E-state index contributed by atoms with van der Waals surface area (Å²) in [5.74, 6) is 0.822. The number of hydrogen-bond donors (Lipinski definition) is 2. The van der Waals surface area contributed by atoms with E-state index in [2.05, 4.69) is 31.0 Å². The first-order chi connectivity index (χ1) is 14.6. The molecule has 0 unspecified atom stereocenters. The average molecular weight is 425 g/mol. The zero-order valence-corrected chi connectivity index (χ0v) is 19.4. The number of rotatable bonds is 4. The lowest BCUT2D eigenvalue weighted by atomic mass is 9.65. The Morgan fingerprint density at radius 2 is 1.97 bits per heavy atom. The van der Waals surface area contributed by atoms with Crippen LogP contribution in [-0.2, 0) is 6.54 Å². The standard InChI is InChI=1S/C26H36N2O3/c1-16-22(24(30)27-17-7-5-6-8-17)23-19(20(29)9-10-21(23)31-16)13-28-15-26(4)12-18(28)11-25(2,3)14-26/h9-10,17-18,29H,5-8,11-15H2,1-4H3,(H,27,30)/t18-,26+/m0/s1. The Morgan fingerprint density at radius 3 is 2.71 bits per heavy atom. The van der Waals surface area contributed by atoms with Crippen molar-refractivity contribution in [2.75, 3.05) is 6.54 Å². The summed E-state index contributed by atoms with van der Waals surface area (Å²) in [6, 6.07) is 4.28. The van der Waals surface area contributed by atoms with Crippen molar-refractivity contribution < 1.29 is 14.3 Å². The van der Waals surface area contributed by atoms with Crippen molar-refractivity contribution in [1.82, 2.24) is 10.2 Å². The van der Waals surface area contributed by atoms with Gasteiger partial charge in [-0.2, -0.15) is 0 Å². The molecule has 2 saturated carbocycles. The molecular weight excluding hydrogens is 388 g/mol. The van der Waals surface area contributed by atoms with Crippen LogP contribution < -0.4 is 5.32 Å². The van der Waals surface area contributed by atoms with Gasteiger partial charge in [-0.25, -0.2) is 0 Å². The molecule has 31 heavy (non-hydrogen) atoms. The van der Waals surface area contributed by atoms with Gasteiger partial charge in [0.05, 0.1) is 5.56 Å². The Hall–Kier alpha value is -2.01. The van der Waals surface area contributed by atoms with E-state index in [0.717, 1.165) is 30.3 Å². The first kappa shape index (κ1) is 20.9. The SMILES string of the molecule is Cc1oc2ccc(O)c(CN3C[C@]4(C)C[C@@H]3CC(C)(C)C4)c2c1C(=O)NC1CCCC1. The molecule has 1 aromatic heterocycles. The van der Waals surface area contributed by atoms with Gasteiger partial charge in [0.2, 0.25) is 0 Å². The molecule has 5 rings (SSSR count). The van der Waals surface area contributed by atoms with Crippen LogP contribution in [0.4, 0.5) is 0 Å². The quantitative estimate of drug-likeness (QED) is 0.678. The molecule has 2 heterocycles. The van der Waals surface area contributed by atoms with Gasteiger partial charge in [-0.1, -0.05) is 33.6 Å². The minimum atomic E-state index is -0.0664. The molecule has 2 bridgehead atoms. The Kier molecular flexibility index (Phi) is 4.89. The Balaban J connectivity index is 1.50. The molecule has 1 aromatic carbocycles. The van der Waals surface area contributed by atoms with E-state index in [1.807, 2.05) is 6.92 Å². The molecule has 2 aromatic rings. The number of aryl methyl sites for hydroxylation is 1. The molecule has 1 amide bonds. The fraction of sp³-hybridized carbons (Fsp3) is 0.654. The molecule has 3 aliphatic rings. The van der Waals surface area contributed by atoms with E-state index in [1.165, 1.54) is 32.1 Å². The molecule has 0 spiro atoms. The molecule has 2 N–H and O–H groups in total. The molecule has 0 radical (unpaired) electrons. The van der Waals surface area contributed by atoms with E-state index >= 15 is 0 Å². The summed E-state index contributed by atoms with van der Waals surface area (Å²) in [7, 11) is 0. The summed E-state index contributed by atoms with van der Waals surface area (Å²) in [6.45, 7) is 10.7. The number of carbonyl (C=O) groups is 1. The summed E-state index contributed by atoms with van der Waals surface area (Å²) in [5.41, 5.74) is 2.79. The van der Waals surface area contributed by atoms with Gasteiger partial charge in [-0.3, -0.25) is 9.69 Å². The van der Waals surface area contributed by atoms with Crippen LogP contribution in [0.2, 0.25) is 0 Å². The van der Waals surface area contributed by atoms with Crippen LogP contribution in [0.1, 0.15) is 87.4 Å². The highest BCUT2D eigenvalue weighted by Gasteiger charge is 2.49. The van der Waals surface area contributed by atoms with E-state index in [-0.39, 0.29) is 17.7 Å². The maximum absolute atomic E-state index is 13.2. The molecule has 5 heteroatoms. The molecule has 3 fully saturated rings. The van der Waals surface area contributed by atoms with Crippen molar-refractivity contribution in [3.63, 3.8) is 0 Å². The third-order valence-electron chi connectivity index (χ3n) is 7.92. The molecule has 1 saturated heterocycles. The monoisotopic (exact) mass is 424 g/mol. The number of amides is 1. The van der Waals surface area contributed by atoms with Crippen LogP contribution in [0.3, 0.4) is 0 Å². The van der Waals surface area contributed by atoms with Crippen molar-refractivity contribution in [2.45, 2.75) is 91.3 Å². The van der Waals surface area contributed by atoms with Gasteiger partial charge in [-0.05, 0) is 62.0 Å². The van der Waals surface area contributed by atoms with E-state index in [0.29, 0.717) is 40.3 Å². The van der Waals surface area contributed by atoms with E-state index in [1.54, 1.807) is 12.1 Å². The third-order valence-corrected chi connectivity index (χ3v) is 7.92. The van der Waals surface area contributed by atoms with Crippen LogP contribution in [0.5, 0.6) is 5.75 Å². The topological polar surface area (TPSA) is 65.7 Å². The van der Waals surface area contributed by atoms with E-state index < -0.39 is 0 Å². The summed E-state index contributed by atoms with van der Waals surface area (Å²) >= 11 is 0. The van der Waals surface area contributed by atoms with Gasteiger partial charge in [0.25, 0.3) is 5.91 Å². The first-order valence-corrected chi connectivity index (χ1v) is 11.9. The maximum atomic E-state index is 13.2. The third kappa shape index (κ3) is 3.75. The number of carbonyl (C=O) groups excluding carboxylic acids is 1. The average Bonchev–Trinajstić information content (AvgIpc) is 3.33. The number of benzene rings is 1. The lowest BCUT2D eigenvalue weighted by Crippen LogP contribution is -2.34. The van der Waals surface area contributed by atoms with E-state index in [4.69, 9.17) is 4.42 Å². The summed E-state index contributed by atoms with van der Waals surface area (Å²) in [4.78, 5) is 15.8. The highest BCUT2D eigenvalue weighted by atomic mass is 16.3. The highest BCUT2D eigenvalue weighted by Crippen LogP contribution is 2.53. The van der Waals surface area contributed by atoms with Crippen molar-refractivity contribution in [1.29, 1.82) is 0 Å². The number of phenolic OH excluding ortho intramolecular Hbond substituents is 1. The Labute approximate surface area is 185 Å². The number of likely N-dealkylation sites (tertiary alicyclic amines) is 1. The van der Waals surface area contributed by atoms with Gasteiger partial charge in [0, 0.05) is 36.1 Å². The van der Waals surface area contributed by atoms with Gasteiger partial charge in [0.15, 0.2) is 0 Å². The number of fused-ring (bicyclic) bond motifs is 3. The Morgan fingerprint density at radius 1 is 1.23 bits per heavy atom. The smallest absolute Gasteiger partial charge is 0.255 e. The van der Waals surface area contributed by atoms with Gasteiger partial charge in [-0.15, -0.1) is 0 Å². The van der Waals surface area contributed by atoms with Crippen LogP contribution in [0, 0.1) is 17.8 Å². The normalized spacial score (nSPS) is 28.5. The van der Waals surface area contributed by atoms with Crippen LogP contribution >= 0.6 is 0 Å². The zero-order valence-electron chi connectivity index (χ0n) is 19.4. The lowest BCUT2D eigenvalue weighted by molar-refractivity contribution is 0.0937. The van der Waals surface area contributed by atoms with Gasteiger partial charge >= 0.3 is 0 Å². The van der Waals surface area contributed by atoms with Crippen molar-refractivity contribution in [3.8, 4) is 5.75 Å². The van der Waals surface area contributed by atoms with Crippen LogP contribution in [0.15, 0.2) is 16.5 Å². The molecule has 2 aliphatic carbocycles. The largest absolute Gasteiger partial charge is 0.508 e. The van der Waals surface area contributed by atoms with E-state index in [9.17, 15) is 9.90 Å². The van der Waals surface area contributed by atoms with Crippen molar-refractivity contribution in [2.24, 2.45) is 10.8 Å². The second-order valence-corrected chi connectivity index (χ2v) is 11.5. The maximum Gasteiger partial charge on any atom is 0.255 e. The number of hydrogen-bond acceptors (Lipinski definition) is 4. The number of phenols is 1. The minimum Gasteiger partial charge on any atom is -0.508 e. The molecule has 1 aliphatic heterocycles. The zero-order chi connectivity index (χ0) is 22.0. The van der Waals surface area contributed by atoms with Crippen molar-refractivity contribution in [3.05, 3.63) is 29.0 Å². The second kappa shape index (κ2) is 7.26. The lowest BCUT2D eigenvalue weighted by Gasteiger charge is -2.40. The fourth-order valence-electron chi connectivity index (χ4n) is 7.09. The molecule has 2 atom stereocenters. The summed E-state index contributed by atoms with van der Waals surface area (Å²) < 4.78 is 5.99. The summed E-state index contributed by atoms with van der Waals surface area (Å²) in [6.07, 6.45) is 8.07. The van der Waals surface area contributed by atoms with Gasteiger partial charge < -0.3 is 14.8 Å². The minimum absolute atomic E-state index is 0.0664. The Bertz CT molecular complexity index is 1020. The molecule has 168 valence electrons. The molecular formula is C26H36N2O3.